The van der Waals surface area contributed by atoms with Crippen molar-refractivity contribution in [3.05, 3.63) is 46.6 Å². The molecule has 1 saturated heterocycles. The average molecular weight is 488 g/mol. The van der Waals surface area contributed by atoms with Crippen LogP contribution in [0.3, 0.4) is 0 Å². The molecule has 32 heavy (non-hydrogen) atoms. The highest BCUT2D eigenvalue weighted by Gasteiger charge is 2.67. The van der Waals surface area contributed by atoms with Crippen molar-refractivity contribution in [3.8, 4) is 0 Å². The number of hydrogen-bond donors (Lipinski definition) is 1. The van der Waals surface area contributed by atoms with Gasteiger partial charge in [-0.05, 0) is 73.1 Å². The smallest absolute Gasteiger partial charge is 0.302 e. The zero-order valence-corrected chi connectivity index (χ0v) is 21.8. The summed E-state index contributed by atoms with van der Waals surface area (Å²) in [5.74, 6) is -0.849. The summed E-state index contributed by atoms with van der Waals surface area (Å²) in [6, 6.07) is 0. The molecule has 0 aromatic heterocycles. The van der Waals surface area contributed by atoms with Gasteiger partial charge >= 0.3 is 15.6 Å². The Kier molecular flexibility index (Phi) is 10.4. The zero-order chi connectivity index (χ0) is 23.8. The van der Waals surface area contributed by atoms with Crippen molar-refractivity contribution in [2.75, 3.05) is 6.61 Å². The minimum absolute atomic E-state index is 0.121. The van der Waals surface area contributed by atoms with Gasteiger partial charge < -0.3 is 4.89 Å². The maximum atomic E-state index is 11.9. The molecule has 1 N–H and O–H groups in total. The Morgan fingerprint density at radius 2 is 1.38 bits per heavy atom. The van der Waals surface area contributed by atoms with E-state index in [1.54, 1.807) is 6.08 Å². The SMILES string of the molecule is CC(C)=CCCC(C)=CCCC(C)=CCCC(C)=CCOP(=O)(O)OP1(=O)OC2(CC2)O1. The molecule has 0 radical (unpaired) electrons. The molecule has 1 aliphatic heterocycles. The van der Waals surface area contributed by atoms with Crippen LogP contribution < -0.4 is 0 Å². The van der Waals surface area contributed by atoms with Crippen LogP contribution in [0, 0.1) is 0 Å². The van der Waals surface area contributed by atoms with E-state index in [2.05, 4.69) is 50.2 Å². The minimum Gasteiger partial charge on any atom is -0.302 e. The fourth-order valence-corrected chi connectivity index (χ4v) is 6.07. The van der Waals surface area contributed by atoms with Crippen LogP contribution in [0.15, 0.2) is 46.6 Å². The predicted octanol–water partition coefficient (Wildman–Crippen LogP) is 7.91. The quantitative estimate of drug-likeness (QED) is 0.196. The van der Waals surface area contributed by atoms with E-state index in [0.29, 0.717) is 12.8 Å². The molecule has 7 nitrogen and oxygen atoms in total. The van der Waals surface area contributed by atoms with E-state index in [-0.39, 0.29) is 6.61 Å². The summed E-state index contributed by atoms with van der Waals surface area (Å²) < 4.78 is 43.3. The molecule has 1 heterocycles. The Hall–Kier alpha value is -0.780. The Labute approximate surface area is 192 Å². The fraction of sp³-hybridized carbons (Fsp3) is 0.652. The zero-order valence-electron chi connectivity index (χ0n) is 20.0. The van der Waals surface area contributed by atoms with Crippen LogP contribution in [0.4, 0.5) is 0 Å². The van der Waals surface area contributed by atoms with Gasteiger partial charge in [-0.3, -0.25) is 13.6 Å². The molecule has 1 atom stereocenters. The second-order valence-electron chi connectivity index (χ2n) is 8.94. The van der Waals surface area contributed by atoms with E-state index in [0.717, 1.165) is 44.1 Å². The third kappa shape index (κ3) is 10.4. The molecule has 2 rings (SSSR count). The van der Waals surface area contributed by atoms with Crippen molar-refractivity contribution in [1.29, 1.82) is 0 Å². The van der Waals surface area contributed by atoms with E-state index in [1.807, 2.05) is 6.92 Å². The van der Waals surface area contributed by atoms with Gasteiger partial charge in [-0.25, -0.2) is 9.13 Å². The molecular weight excluding hydrogens is 450 g/mol. The van der Waals surface area contributed by atoms with Crippen molar-refractivity contribution < 1.29 is 31.9 Å². The van der Waals surface area contributed by atoms with Gasteiger partial charge in [0.25, 0.3) is 0 Å². The van der Waals surface area contributed by atoms with Gasteiger partial charge in [0.2, 0.25) is 0 Å². The van der Waals surface area contributed by atoms with Gasteiger partial charge in [0.05, 0.1) is 6.61 Å². The lowest BCUT2D eigenvalue weighted by molar-refractivity contribution is -0.140. The summed E-state index contributed by atoms with van der Waals surface area (Å²) in [4.78, 5) is 9.69. The Morgan fingerprint density at radius 3 is 1.84 bits per heavy atom. The molecule has 182 valence electrons. The van der Waals surface area contributed by atoms with Gasteiger partial charge in [0.15, 0.2) is 5.79 Å². The lowest BCUT2D eigenvalue weighted by Crippen LogP contribution is -2.28. The standard InChI is InChI=1S/C23H38O7P2/c1-19(2)9-6-10-20(3)11-7-12-21(4)13-8-14-22(5)15-18-27-31(24,25)30-32(26)28-23(29-32)16-17-23/h9,11,13,15H,6-8,10,12,14,16-18H2,1-5H3,(H,24,25). The van der Waals surface area contributed by atoms with E-state index in [1.165, 1.54) is 16.7 Å². The summed E-state index contributed by atoms with van der Waals surface area (Å²) in [5.41, 5.74) is 5.19. The maximum Gasteiger partial charge on any atom is 0.488 e. The lowest BCUT2D eigenvalue weighted by atomic mass is 10.0. The minimum atomic E-state index is -4.52. The highest BCUT2D eigenvalue weighted by Crippen LogP contribution is 2.77. The van der Waals surface area contributed by atoms with Crippen LogP contribution in [-0.4, -0.2) is 17.3 Å². The van der Waals surface area contributed by atoms with Crippen LogP contribution in [-0.2, 0) is 27.0 Å². The molecule has 2 aliphatic rings. The summed E-state index contributed by atoms with van der Waals surface area (Å²) in [5, 5.41) is 0. The lowest BCUT2D eigenvalue weighted by Gasteiger charge is -2.34. The van der Waals surface area contributed by atoms with E-state index in [9.17, 15) is 14.0 Å². The second kappa shape index (κ2) is 12.1. The predicted molar refractivity (Wildman–Crippen MR) is 127 cm³/mol. The molecule has 0 amide bonds. The number of phosphoric ester groups is 2. The molecule has 1 aliphatic carbocycles. The first-order chi connectivity index (χ1) is 14.9. The van der Waals surface area contributed by atoms with Crippen molar-refractivity contribution in [2.24, 2.45) is 0 Å². The van der Waals surface area contributed by atoms with Crippen molar-refractivity contribution >= 4 is 15.6 Å². The molecule has 1 spiro atoms. The van der Waals surface area contributed by atoms with Gasteiger partial charge in [-0.1, -0.05) is 46.6 Å². The normalized spacial score (nSPS) is 21.8. The number of allylic oxidation sites excluding steroid dienone is 7. The molecule has 2 fully saturated rings. The molecule has 0 aromatic rings. The monoisotopic (exact) mass is 488 g/mol. The fourth-order valence-electron chi connectivity index (χ4n) is 3.14. The second-order valence-corrected chi connectivity index (χ2v) is 12.0. The third-order valence-corrected chi connectivity index (χ3v) is 8.45. The highest BCUT2D eigenvalue weighted by atomic mass is 31.3. The van der Waals surface area contributed by atoms with E-state index >= 15 is 0 Å². The largest absolute Gasteiger partial charge is 0.488 e. The first-order valence-corrected chi connectivity index (χ1v) is 14.2. The van der Waals surface area contributed by atoms with E-state index in [4.69, 9.17) is 13.6 Å². The van der Waals surface area contributed by atoms with Gasteiger partial charge in [0.1, 0.15) is 0 Å². The molecule has 1 saturated carbocycles. The maximum absolute atomic E-state index is 11.9. The van der Waals surface area contributed by atoms with Crippen LogP contribution in [0.1, 0.15) is 86.0 Å². The summed E-state index contributed by atoms with van der Waals surface area (Å²) >= 11 is 0. The van der Waals surface area contributed by atoms with Crippen LogP contribution in [0.2, 0.25) is 0 Å². The topological polar surface area (TPSA) is 91.3 Å². The summed E-state index contributed by atoms with van der Waals surface area (Å²) in [6.07, 6.45) is 15.8. The highest BCUT2D eigenvalue weighted by molar-refractivity contribution is 7.62. The van der Waals surface area contributed by atoms with Crippen LogP contribution in [0.25, 0.3) is 0 Å². The third-order valence-electron chi connectivity index (χ3n) is 5.24. The first-order valence-electron chi connectivity index (χ1n) is 11.2. The van der Waals surface area contributed by atoms with Crippen molar-refractivity contribution in [3.63, 3.8) is 0 Å². The molecule has 0 bridgehead atoms. The molecular formula is C23H38O7P2. The van der Waals surface area contributed by atoms with Crippen molar-refractivity contribution in [1.82, 2.24) is 0 Å². The Balaban J connectivity index is 1.61. The van der Waals surface area contributed by atoms with Crippen LogP contribution >= 0.6 is 15.6 Å². The first kappa shape index (κ1) is 27.5. The van der Waals surface area contributed by atoms with Gasteiger partial charge in [-0.2, -0.15) is 4.31 Å². The van der Waals surface area contributed by atoms with Crippen molar-refractivity contribution in [2.45, 2.75) is 91.8 Å². The average Bonchev–Trinajstić information content (AvgIpc) is 3.40. The number of rotatable bonds is 14. The number of phosphoric acid groups is 2. The molecule has 9 heteroatoms. The van der Waals surface area contributed by atoms with E-state index < -0.39 is 21.4 Å². The van der Waals surface area contributed by atoms with Gasteiger partial charge in [-0.15, -0.1) is 0 Å². The summed E-state index contributed by atoms with van der Waals surface area (Å²) in [7, 11) is -8.48. The molecule has 1 unspecified atom stereocenters. The Morgan fingerprint density at radius 1 is 0.906 bits per heavy atom. The van der Waals surface area contributed by atoms with Crippen LogP contribution in [0.5, 0.6) is 0 Å². The molecule has 0 aromatic carbocycles. The summed E-state index contributed by atoms with van der Waals surface area (Å²) in [6.45, 7) is 10.4. The van der Waals surface area contributed by atoms with Gasteiger partial charge in [0, 0.05) is 12.8 Å². The number of hydrogen-bond acceptors (Lipinski definition) is 6. The Bertz CT molecular complexity index is 850.